The van der Waals surface area contributed by atoms with Gasteiger partial charge < -0.3 is 5.73 Å². The van der Waals surface area contributed by atoms with Crippen LogP contribution in [0.5, 0.6) is 0 Å². The average molecular weight is 317 g/mol. The zero-order chi connectivity index (χ0) is 12.4. The quantitative estimate of drug-likeness (QED) is 0.815. The number of nitrogens with one attached hydrogen (secondary N) is 1. The third kappa shape index (κ3) is 2.34. The first kappa shape index (κ1) is 12.1. The molecule has 0 aromatic carbocycles. The van der Waals surface area contributed by atoms with Gasteiger partial charge in [0.2, 0.25) is 0 Å². The third-order valence-electron chi connectivity index (χ3n) is 2.01. The molecule has 17 heavy (non-hydrogen) atoms. The first-order valence-electron chi connectivity index (χ1n) is 4.72. The number of H-pyrrole nitrogens is 1. The number of nitrogen functional groups attached to an aromatic ring is 1. The zero-order valence-electron chi connectivity index (χ0n) is 8.85. The molecular formula is C8H9BrN6OS. The summed E-state index contributed by atoms with van der Waals surface area (Å²) >= 11 is 4.54. The second kappa shape index (κ2) is 4.88. The van der Waals surface area contributed by atoms with E-state index in [1.165, 1.54) is 22.7 Å². The number of nitrogens with two attached hydrogens (primary N) is 1. The van der Waals surface area contributed by atoms with E-state index in [4.69, 9.17) is 5.73 Å². The van der Waals surface area contributed by atoms with Gasteiger partial charge in [0.15, 0.2) is 5.16 Å². The summed E-state index contributed by atoms with van der Waals surface area (Å²) in [4.78, 5) is 19.3. The third-order valence-corrected chi connectivity index (χ3v) is 4.05. The lowest BCUT2D eigenvalue weighted by Gasteiger charge is -2.04. The number of nitrogens with zero attached hydrogens (tertiary/aromatic N) is 4. The number of anilines is 1. The highest BCUT2D eigenvalue weighted by atomic mass is 79.9. The molecular weight excluding hydrogens is 308 g/mol. The van der Waals surface area contributed by atoms with E-state index in [1.54, 1.807) is 0 Å². The maximum absolute atomic E-state index is 11.4. The predicted molar refractivity (Wildman–Crippen MR) is 66.8 cm³/mol. The molecule has 2 rings (SSSR count). The van der Waals surface area contributed by atoms with Crippen LogP contribution in [0.2, 0.25) is 0 Å². The lowest BCUT2D eigenvalue weighted by atomic mass is 10.6. The summed E-state index contributed by atoms with van der Waals surface area (Å²) in [5.41, 5.74) is 5.40. The number of hydrogen-bond acceptors (Lipinski definition) is 6. The number of halogens is 1. The second-order valence-electron chi connectivity index (χ2n) is 3.04. The van der Waals surface area contributed by atoms with Gasteiger partial charge in [0.05, 0.1) is 4.47 Å². The van der Waals surface area contributed by atoms with Crippen LogP contribution in [0, 0.1) is 0 Å². The molecule has 2 aromatic rings. The summed E-state index contributed by atoms with van der Waals surface area (Å²) < 4.78 is 2.11. The van der Waals surface area contributed by atoms with Gasteiger partial charge in [-0.2, -0.15) is 0 Å². The van der Waals surface area contributed by atoms with Gasteiger partial charge in [-0.1, -0.05) is 0 Å². The van der Waals surface area contributed by atoms with Crippen molar-refractivity contribution in [3.05, 3.63) is 21.3 Å². The molecule has 0 aliphatic rings. The lowest BCUT2D eigenvalue weighted by Crippen LogP contribution is -2.16. The van der Waals surface area contributed by atoms with E-state index in [9.17, 15) is 4.79 Å². The summed E-state index contributed by atoms with van der Waals surface area (Å²) in [6, 6.07) is 0. The van der Waals surface area contributed by atoms with Crippen molar-refractivity contribution in [1.29, 1.82) is 0 Å². The van der Waals surface area contributed by atoms with Crippen molar-refractivity contribution < 1.29 is 0 Å². The highest BCUT2D eigenvalue weighted by Gasteiger charge is 2.13. The van der Waals surface area contributed by atoms with Gasteiger partial charge in [-0.15, -0.1) is 5.10 Å². The fourth-order valence-corrected chi connectivity index (χ4v) is 2.51. The molecule has 0 atom stereocenters. The summed E-state index contributed by atoms with van der Waals surface area (Å²) in [6.07, 6.45) is 1.36. The Hall–Kier alpha value is -1.35. The number of rotatable bonds is 3. The van der Waals surface area contributed by atoms with Crippen LogP contribution >= 0.6 is 27.7 Å². The number of hydrogen-bond donors (Lipinski definition) is 2. The van der Waals surface area contributed by atoms with Crippen molar-refractivity contribution in [2.75, 3.05) is 5.73 Å². The van der Waals surface area contributed by atoms with Crippen molar-refractivity contribution in [2.45, 2.75) is 23.7 Å². The first-order chi connectivity index (χ1) is 8.13. The molecule has 0 bridgehead atoms. The van der Waals surface area contributed by atoms with E-state index in [0.29, 0.717) is 27.0 Å². The monoisotopic (exact) mass is 316 g/mol. The molecule has 0 spiro atoms. The summed E-state index contributed by atoms with van der Waals surface area (Å²) in [6.45, 7) is 2.40. The Kier molecular flexibility index (Phi) is 3.48. The average Bonchev–Trinajstić information content (AvgIpc) is 2.66. The maximum Gasteiger partial charge on any atom is 0.343 e. The molecule has 3 N–H and O–H groups in total. The molecule has 9 heteroatoms. The Morgan fingerprint density at radius 1 is 1.59 bits per heavy atom. The van der Waals surface area contributed by atoms with E-state index in [2.05, 4.69) is 36.1 Å². The standard InChI is InChI=1S/C8H9BrN6OS/c1-2-15-7(16)13-14-8(15)17-6-4(9)5(10)11-3-12-6/h3H,2H2,1H3,(H,13,16)(H2,10,11,12). The number of aromatic nitrogens is 5. The minimum absolute atomic E-state index is 0.242. The lowest BCUT2D eigenvalue weighted by molar-refractivity contribution is 0.660. The van der Waals surface area contributed by atoms with Crippen molar-refractivity contribution in [3.63, 3.8) is 0 Å². The topological polar surface area (TPSA) is 102 Å². The van der Waals surface area contributed by atoms with Crippen molar-refractivity contribution in [2.24, 2.45) is 0 Å². The van der Waals surface area contributed by atoms with Gasteiger partial charge in [-0.3, -0.25) is 4.57 Å². The molecule has 2 aromatic heterocycles. The highest BCUT2D eigenvalue weighted by molar-refractivity contribution is 9.10. The Bertz CT molecular complexity index is 594. The fourth-order valence-electron chi connectivity index (χ4n) is 1.18. The second-order valence-corrected chi connectivity index (χ2v) is 4.78. The zero-order valence-corrected chi connectivity index (χ0v) is 11.2. The molecule has 0 radical (unpaired) electrons. The van der Waals surface area contributed by atoms with E-state index < -0.39 is 0 Å². The van der Waals surface area contributed by atoms with Crippen LogP contribution in [0.1, 0.15) is 6.92 Å². The first-order valence-corrected chi connectivity index (χ1v) is 6.33. The minimum atomic E-state index is -0.242. The van der Waals surface area contributed by atoms with E-state index in [0.717, 1.165) is 0 Å². The predicted octanol–water partition coefficient (Wildman–Crippen LogP) is 0.877. The van der Waals surface area contributed by atoms with Crippen LogP contribution in [-0.2, 0) is 6.54 Å². The van der Waals surface area contributed by atoms with Gasteiger partial charge in [0.25, 0.3) is 0 Å². The van der Waals surface area contributed by atoms with Crippen molar-refractivity contribution in [3.8, 4) is 0 Å². The number of aromatic amines is 1. The highest BCUT2D eigenvalue weighted by Crippen LogP contribution is 2.32. The molecule has 0 saturated carbocycles. The van der Waals surface area contributed by atoms with E-state index in [-0.39, 0.29) is 5.69 Å². The van der Waals surface area contributed by atoms with Crippen LogP contribution in [-0.4, -0.2) is 24.7 Å². The molecule has 0 unspecified atom stereocenters. The molecule has 0 fully saturated rings. The summed E-state index contributed by atoms with van der Waals surface area (Å²) in [5.74, 6) is 0.350. The van der Waals surface area contributed by atoms with Crippen molar-refractivity contribution >= 4 is 33.5 Å². The van der Waals surface area contributed by atoms with Crippen LogP contribution in [0.15, 0.2) is 25.8 Å². The van der Waals surface area contributed by atoms with Crippen LogP contribution < -0.4 is 11.4 Å². The molecule has 0 saturated heterocycles. The van der Waals surface area contributed by atoms with Gasteiger partial charge in [0.1, 0.15) is 17.2 Å². The van der Waals surface area contributed by atoms with Gasteiger partial charge in [0, 0.05) is 6.54 Å². The fraction of sp³-hybridized carbons (Fsp3) is 0.250. The van der Waals surface area contributed by atoms with Gasteiger partial charge >= 0.3 is 5.69 Å². The Morgan fingerprint density at radius 2 is 2.35 bits per heavy atom. The molecule has 0 aliphatic carbocycles. The van der Waals surface area contributed by atoms with Crippen LogP contribution in [0.4, 0.5) is 5.82 Å². The molecule has 0 aliphatic heterocycles. The maximum atomic E-state index is 11.4. The largest absolute Gasteiger partial charge is 0.383 e. The normalized spacial score (nSPS) is 10.7. The Labute approximate surface area is 109 Å². The van der Waals surface area contributed by atoms with Gasteiger partial charge in [-0.25, -0.2) is 19.9 Å². The summed E-state index contributed by atoms with van der Waals surface area (Å²) in [7, 11) is 0. The van der Waals surface area contributed by atoms with Crippen molar-refractivity contribution in [1.82, 2.24) is 24.7 Å². The Morgan fingerprint density at radius 3 is 3.06 bits per heavy atom. The molecule has 7 nitrogen and oxygen atoms in total. The summed E-state index contributed by atoms with van der Waals surface area (Å²) in [5, 5.41) is 7.46. The Balaban J connectivity index is 2.38. The molecule has 2 heterocycles. The van der Waals surface area contributed by atoms with Crippen LogP contribution in [0.3, 0.4) is 0 Å². The minimum Gasteiger partial charge on any atom is -0.383 e. The van der Waals surface area contributed by atoms with Gasteiger partial charge in [-0.05, 0) is 34.6 Å². The molecule has 90 valence electrons. The van der Waals surface area contributed by atoms with E-state index >= 15 is 0 Å². The SMILES string of the molecule is CCn1c(Sc2ncnc(N)c2Br)n[nH]c1=O. The van der Waals surface area contributed by atoms with Crippen LogP contribution in [0.25, 0.3) is 0 Å². The molecule has 0 amide bonds. The smallest absolute Gasteiger partial charge is 0.343 e. The van der Waals surface area contributed by atoms with E-state index in [1.807, 2.05) is 6.92 Å².